The largest absolute Gasteiger partial charge is 0.439 e. The van der Waals surface area contributed by atoms with Gasteiger partial charge in [0.1, 0.15) is 6.54 Å². The summed E-state index contributed by atoms with van der Waals surface area (Å²) in [7, 11) is 0. The van der Waals surface area contributed by atoms with Crippen LogP contribution in [0.15, 0.2) is 39.9 Å². The van der Waals surface area contributed by atoms with E-state index in [2.05, 4.69) is 72.5 Å². The van der Waals surface area contributed by atoms with Gasteiger partial charge in [0.25, 0.3) is 0 Å². The number of aliphatic imine (C=N–C) groups is 1. The van der Waals surface area contributed by atoms with E-state index in [0.29, 0.717) is 18.5 Å². The summed E-state index contributed by atoms with van der Waals surface area (Å²) in [5.74, 6) is 2.98. The standard InChI is InChI=1S/C23H35N5O/c1-5-24-23(27-20-10-12-28(13-11-20)16-17(2)3)26-15-22-25-14-21(29-22)19-8-6-18(4)7-9-19/h6-9,14,17,20H,5,10-13,15-16H2,1-4H3,(H2,24,26,27). The second-order valence-electron chi connectivity index (χ2n) is 8.29. The summed E-state index contributed by atoms with van der Waals surface area (Å²) >= 11 is 0. The van der Waals surface area contributed by atoms with E-state index in [9.17, 15) is 0 Å². The SMILES string of the molecule is CCNC(=NCc1ncc(-c2ccc(C)cc2)o1)NC1CCN(CC(C)C)CC1. The first-order valence-corrected chi connectivity index (χ1v) is 10.8. The minimum absolute atomic E-state index is 0.424. The molecule has 1 aliphatic heterocycles. The van der Waals surface area contributed by atoms with Crippen LogP contribution in [-0.2, 0) is 6.54 Å². The number of likely N-dealkylation sites (tertiary alicyclic amines) is 1. The lowest BCUT2D eigenvalue weighted by molar-refractivity contribution is 0.187. The number of nitrogens with one attached hydrogen (secondary N) is 2. The van der Waals surface area contributed by atoms with Gasteiger partial charge in [-0.1, -0.05) is 43.7 Å². The molecule has 1 saturated heterocycles. The van der Waals surface area contributed by atoms with Gasteiger partial charge in [-0.3, -0.25) is 0 Å². The van der Waals surface area contributed by atoms with E-state index in [1.165, 1.54) is 12.1 Å². The van der Waals surface area contributed by atoms with Gasteiger partial charge in [-0.25, -0.2) is 9.98 Å². The van der Waals surface area contributed by atoms with E-state index >= 15 is 0 Å². The first kappa shape index (κ1) is 21.4. The predicted molar refractivity (Wildman–Crippen MR) is 119 cm³/mol. The Labute approximate surface area is 174 Å². The van der Waals surface area contributed by atoms with Crippen molar-refractivity contribution in [3.8, 4) is 11.3 Å². The van der Waals surface area contributed by atoms with Crippen molar-refractivity contribution in [1.29, 1.82) is 0 Å². The van der Waals surface area contributed by atoms with Crippen LogP contribution in [0.25, 0.3) is 11.3 Å². The fraction of sp³-hybridized carbons (Fsp3) is 0.565. The molecule has 3 rings (SSSR count). The maximum atomic E-state index is 5.90. The van der Waals surface area contributed by atoms with Gasteiger partial charge >= 0.3 is 0 Å². The number of benzene rings is 1. The molecule has 6 heteroatoms. The average Bonchev–Trinajstić information content (AvgIpc) is 3.17. The quantitative estimate of drug-likeness (QED) is 0.549. The van der Waals surface area contributed by atoms with Crippen LogP contribution in [-0.4, -0.2) is 48.1 Å². The minimum Gasteiger partial charge on any atom is -0.439 e. The molecule has 2 N–H and O–H groups in total. The van der Waals surface area contributed by atoms with E-state index in [1.807, 2.05) is 0 Å². The number of hydrogen-bond donors (Lipinski definition) is 2. The monoisotopic (exact) mass is 397 g/mol. The smallest absolute Gasteiger partial charge is 0.216 e. The van der Waals surface area contributed by atoms with Gasteiger partial charge in [-0.05, 0) is 32.6 Å². The highest BCUT2D eigenvalue weighted by Crippen LogP contribution is 2.21. The van der Waals surface area contributed by atoms with Gasteiger partial charge in [0.2, 0.25) is 5.89 Å². The number of hydrogen-bond acceptors (Lipinski definition) is 4. The molecular formula is C23H35N5O. The second-order valence-corrected chi connectivity index (χ2v) is 8.29. The van der Waals surface area contributed by atoms with Gasteiger partial charge in [0, 0.05) is 37.8 Å². The third-order valence-corrected chi connectivity index (χ3v) is 5.16. The summed E-state index contributed by atoms with van der Waals surface area (Å²) in [5.41, 5.74) is 2.27. The maximum absolute atomic E-state index is 5.90. The van der Waals surface area contributed by atoms with E-state index in [-0.39, 0.29) is 0 Å². The van der Waals surface area contributed by atoms with Gasteiger partial charge in [0.15, 0.2) is 11.7 Å². The fourth-order valence-corrected chi connectivity index (χ4v) is 3.67. The van der Waals surface area contributed by atoms with Gasteiger partial charge in [-0.2, -0.15) is 0 Å². The molecule has 0 bridgehead atoms. The van der Waals surface area contributed by atoms with E-state index in [4.69, 9.17) is 9.41 Å². The van der Waals surface area contributed by atoms with Gasteiger partial charge < -0.3 is 20.0 Å². The first-order chi connectivity index (χ1) is 14.0. The van der Waals surface area contributed by atoms with E-state index in [1.54, 1.807) is 6.20 Å². The van der Waals surface area contributed by atoms with Crippen molar-refractivity contribution in [2.75, 3.05) is 26.2 Å². The number of guanidine groups is 1. The van der Waals surface area contributed by atoms with Crippen LogP contribution in [0.2, 0.25) is 0 Å². The molecule has 0 spiro atoms. The Morgan fingerprint density at radius 3 is 2.62 bits per heavy atom. The van der Waals surface area contributed by atoms with Crippen LogP contribution in [0.5, 0.6) is 0 Å². The Morgan fingerprint density at radius 1 is 1.24 bits per heavy atom. The van der Waals surface area contributed by atoms with Gasteiger partial charge in [-0.15, -0.1) is 0 Å². The van der Waals surface area contributed by atoms with Crippen molar-refractivity contribution in [2.24, 2.45) is 10.9 Å². The zero-order chi connectivity index (χ0) is 20.6. The van der Waals surface area contributed by atoms with Crippen LogP contribution < -0.4 is 10.6 Å². The number of piperidine rings is 1. The molecule has 29 heavy (non-hydrogen) atoms. The highest BCUT2D eigenvalue weighted by atomic mass is 16.4. The molecule has 0 amide bonds. The topological polar surface area (TPSA) is 65.7 Å². The molecule has 1 aliphatic rings. The highest BCUT2D eigenvalue weighted by molar-refractivity contribution is 5.80. The average molecular weight is 398 g/mol. The van der Waals surface area contributed by atoms with Crippen molar-refractivity contribution in [2.45, 2.75) is 53.1 Å². The minimum atomic E-state index is 0.424. The van der Waals surface area contributed by atoms with Crippen molar-refractivity contribution in [1.82, 2.24) is 20.5 Å². The van der Waals surface area contributed by atoms with Crippen LogP contribution in [0.3, 0.4) is 0 Å². The number of nitrogens with zero attached hydrogens (tertiary/aromatic N) is 3. The lowest BCUT2D eigenvalue weighted by atomic mass is 10.0. The van der Waals surface area contributed by atoms with Crippen LogP contribution in [0.1, 0.15) is 45.1 Å². The summed E-state index contributed by atoms with van der Waals surface area (Å²) < 4.78 is 5.90. The third-order valence-electron chi connectivity index (χ3n) is 5.16. The van der Waals surface area contributed by atoms with Gasteiger partial charge in [0.05, 0.1) is 6.20 Å². The Hall–Kier alpha value is -2.34. The van der Waals surface area contributed by atoms with Crippen LogP contribution in [0.4, 0.5) is 0 Å². The van der Waals surface area contributed by atoms with E-state index < -0.39 is 0 Å². The molecule has 0 aliphatic carbocycles. The molecule has 6 nitrogen and oxygen atoms in total. The normalized spacial score (nSPS) is 16.4. The summed E-state index contributed by atoms with van der Waals surface area (Å²) in [4.78, 5) is 11.6. The fourth-order valence-electron chi connectivity index (χ4n) is 3.67. The molecule has 1 aromatic carbocycles. The van der Waals surface area contributed by atoms with Crippen LogP contribution >= 0.6 is 0 Å². The molecule has 158 valence electrons. The number of aryl methyl sites for hydroxylation is 1. The van der Waals surface area contributed by atoms with E-state index in [0.717, 1.165) is 55.7 Å². The number of oxazole rings is 1. The molecule has 0 saturated carbocycles. The Kier molecular flexibility index (Phi) is 7.69. The zero-order valence-corrected chi connectivity index (χ0v) is 18.2. The Bertz CT molecular complexity index is 773. The predicted octanol–water partition coefficient (Wildman–Crippen LogP) is 3.83. The van der Waals surface area contributed by atoms with Crippen LogP contribution in [0, 0.1) is 12.8 Å². The Balaban J connectivity index is 1.55. The summed E-state index contributed by atoms with van der Waals surface area (Å²) in [6.45, 7) is 13.5. The highest BCUT2D eigenvalue weighted by Gasteiger charge is 2.20. The van der Waals surface area contributed by atoms with Crippen molar-refractivity contribution in [3.63, 3.8) is 0 Å². The molecular weight excluding hydrogens is 362 g/mol. The number of rotatable bonds is 7. The molecule has 1 aromatic heterocycles. The van der Waals surface area contributed by atoms with Crippen molar-refractivity contribution >= 4 is 5.96 Å². The molecule has 1 fully saturated rings. The van der Waals surface area contributed by atoms with Crippen molar-refractivity contribution in [3.05, 3.63) is 41.9 Å². The lowest BCUT2D eigenvalue weighted by Gasteiger charge is -2.33. The summed E-state index contributed by atoms with van der Waals surface area (Å²) in [6, 6.07) is 8.73. The summed E-state index contributed by atoms with van der Waals surface area (Å²) in [6.07, 6.45) is 4.07. The number of aromatic nitrogens is 1. The Morgan fingerprint density at radius 2 is 1.97 bits per heavy atom. The second kappa shape index (κ2) is 10.4. The molecule has 2 aromatic rings. The first-order valence-electron chi connectivity index (χ1n) is 10.8. The molecule has 0 radical (unpaired) electrons. The maximum Gasteiger partial charge on any atom is 0.216 e. The molecule has 2 heterocycles. The molecule has 0 unspecified atom stereocenters. The molecule has 0 atom stereocenters. The zero-order valence-electron chi connectivity index (χ0n) is 18.2. The van der Waals surface area contributed by atoms with Crippen molar-refractivity contribution < 1.29 is 4.42 Å². The lowest BCUT2D eigenvalue weighted by Crippen LogP contribution is -2.49. The summed E-state index contributed by atoms with van der Waals surface area (Å²) in [5, 5.41) is 6.93. The third kappa shape index (κ3) is 6.60.